The molecule has 0 radical (unpaired) electrons. The maximum Gasteiger partial charge on any atom is 0.261 e. The van der Waals surface area contributed by atoms with Gasteiger partial charge in [0.2, 0.25) is 0 Å². The Labute approximate surface area is 251 Å². The smallest absolute Gasteiger partial charge is 0.261 e. The van der Waals surface area contributed by atoms with Gasteiger partial charge in [-0.1, -0.05) is 42.8 Å². The topological polar surface area (TPSA) is 91.4 Å². The molecular formula is C30H27ClN4O3S3. The number of aromatic nitrogens is 1. The Morgan fingerprint density at radius 3 is 2.56 bits per heavy atom. The summed E-state index contributed by atoms with van der Waals surface area (Å²) in [6.07, 6.45) is 1.96. The molecule has 0 saturated carbocycles. The van der Waals surface area contributed by atoms with Gasteiger partial charge in [0.25, 0.3) is 15.9 Å². The first-order valence-corrected chi connectivity index (χ1v) is 16.7. The van der Waals surface area contributed by atoms with Crippen LogP contribution in [-0.4, -0.2) is 37.3 Å². The monoisotopic (exact) mass is 622 g/mol. The first-order valence-electron chi connectivity index (χ1n) is 13.2. The number of nitrogens with zero attached hydrogens (tertiary/aromatic N) is 2. The van der Waals surface area contributed by atoms with Gasteiger partial charge in [-0.3, -0.25) is 14.4 Å². The molecule has 3 heterocycles. The summed E-state index contributed by atoms with van der Waals surface area (Å²) < 4.78 is 29.8. The molecule has 11 heteroatoms. The zero-order chi connectivity index (χ0) is 28.6. The summed E-state index contributed by atoms with van der Waals surface area (Å²) in [5.41, 5.74) is 3.54. The number of carbonyl (C=O) groups is 1. The lowest BCUT2D eigenvalue weighted by molar-refractivity contribution is 0.102. The summed E-state index contributed by atoms with van der Waals surface area (Å²) in [5.74, 6) is -0.397. The van der Waals surface area contributed by atoms with E-state index in [1.54, 1.807) is 46.9 Å². The fraction of sp³-hybridized carbons (Fsp3) is 0.200. The average Bonchev–Trinajstić information content (AvgIpc) is 3.54. The SMILES string of the molecule is CCCN1CCc2c(sc(NC(=O)c3ccccc3NS(=O)(=O)c3ccc(Cl)cc3)c2-c2nc3ccccc3s2)C1. The van der Waals surface area contributed by atoms with Crippen LogP contribution in [-0.2, 0) is 23.0 Å². The number of para-hydroxylation sites is 2. The Morgan fingerprint density at radius 2 is 1.78 bits per heavy atom. The molecule has 2 N–H and O–H groups in total. The molecule has 0 spiro atoms. The van der Waals surface area contributed by atoms with Crippen LogP contribution in [0.25, 0.3) is 20.8 Å². The largest absolute Gasteiger partial charge is 0.313 e. The Kier molecular flexibility index (Phi) is 7.84. The molecule has 0 saturated heterocycles. The van der Waals surface area contributed by atoms with Crippen molar-refractivity contribution in [1.29, 1.82) is 0 Å². The van der Waals surface area contributed by atoms with Gasteiger partial charge in [-0.05, 0) is 73.5 Å². The van der Waals surface area contributed by atoms with Crippen LogP contribution in [0.5, 0.6) is 0 Å². The first-order chi connectivity index (χ1) is 19.8. The van der Waals surface area contributed by atoms with E-state index in [-0.39, 0.29) is 16.1 Å². The minimum absolute atomic E-state index is 0.0535. The van der Waals surface area contributed by atoms with Crippen molar-refractivity contribution < 1.29 is 13.2 Å². The molecule has 3 aromatic carbocycles. The van der Waals surface area contributed by atoms with Crippen molar-refractivity contribution in [3.63, 3.8) is 0 Å². The minimum atomic E-state index is -3.94. The lowest BCUT2D eigenvalue weighted by atomic mass is 10.0. The van der Waals surface area contributed by atoms with Gasteiger partial charge in [0.1, 0.15) is 10.0 Å². The van der Waals surface area contributed by atoms with E-state index in [2.05, 4.69) is 27.9 Å². The number of nitrogens with one attached hydrogen (secondary N) is 2. The van der Waals surface area contributed by atoms with Gasteiger partial charge in [-0.15, -0.1) is 22.7 Å². The number of sulfonamides is 1. The van der Waals surface area contributed by atoms with Crippen LogP contribution in [0.15, 0.2) is 77.7 Å². The van der Waals surface area contributed by atoms with Crippen LogP contribution in [0.2, 0.25) is 5.02 Å². The lowest BCUT2D eigenvalue weighted by Gasteiger charge is -2.26. The molecule has 6 rings (SSSR count). The van der Waals surface area contributed by atoms with E-state index >= 15 is 0 Å². The highest BCUT2D eigenvalue weighted by atomic mass is 35.5. The van der Waals surface area contributed by atoms with Gasteiger partial charge in [0.05, 0.1) is 26.4 Å². The van der Waals surface area contributed by atoms with Crippen molar-refractivity contribution in [3.05, 3.63) is 93.8 Å². The number of halogens is 1. The van der Waals surface area contributed by atoms with Crippen molar-refractivity contribution in [1.82, 2.24) is 9.88 Å². The number of thiazole rings is 1. The highest BCUT2D eigenvalue weighted by molar-refractivity contribution is 7.92. The predicted octanol–water partition coefficient (Wildman–Crippen LogP) is 7.50. The molecule has 0 fully saturated rings. The van der Waals surface area contributed by atoms with Crippen LogP contribution < -0.4 is 10.0 Å². The fourth-order valence-corrected chi connectivity index (χ4v) is 8.62. The van der Waals surface area contributed by atoms with E-state index in [0.29, 0.717) is 5.02 Å². The van der Waals surface area contributed by atoms with Gasteiger partial charge >= 0.3 is 0 Å². The molecule has 210 valence electrons. The number of fused-ring (bicyclic) bond motifs is 2. The number of benzene rings is 3. The van der Waals surface area contributed by atoms with Crippen LogP contribution in [0.3, 0.4) is 0 Å². The van der Waals surface area contributed by atoms with Gasteiger partial charge in [0.15, 0.2) is 0 Å². The zero-order valence-electron chi connectivity index (χ0n) is 22.2. The molecule has 5 aromatic rings. The van der Waals surface area contributed by atoms with Crippen molar-refractivity contribution in [3.8, 4) is 10.6 Å². The number of carbonyl (C=O) groups excluding carboxylic acids is 1. The summed E-state index contributed by atoms with van der Waals surface area (Å²) in [6, 6.07) is 20.5. The number of amides is 1. The minimum Gasteiger partial charge on any atom is -0.313 e. The van der Waals surface area contributed by atoms with E-state index in [1.165, 1.54) is 34.7 Å². The maximum absolute atomic E-state index is 13.8. The van der Waals surface area contributed by atoms with Gasteiger partial charge in [-0.2, -0.15) is 0 Å². The Morgan fingerprint density at radius 1 is 1.02 bits per heavy atom. The molecular weight excluding hydrogens is 596 g/mol. The van der Waals surface area contributed by atoms with E-state index < -0.39 is 15.9 Å². The number of hydrogen-bond donors (Lipinski definition) is 2. The predicted molar refractivity (Wildman–Crippen MR) is 169 cm³/mol. The second-order valence-electron chi connectivity index (χ2n) is 9.78. The van der Waals surface area contributed by atoms with Crippen molar-refractivity contribution in [2.45, 2.75) is 31.2 Å². The van der Waals surface area contributed by atoms with Crippen LogP contribution in [0.4, 0.5) is 10.7 Å². The normalized spacial score (nSPS) is 13.7. The van der Waals surface area contributed by atoms with Crippen molar-refractivity contribution in [2.24, 2.45) is 0 Å². The van der Waals surface area contributed by atoms with Gasteiger partial charge in [-0.25, -0.2) is 13.4 Å². The van der Waals surface area contributed by atoms with Crippen molar-refractivity contribution in [2.75, 3.05) is 23.1 Å². The van der Waals surface area contributed by atoms with E-state index in [0.717, 1.165) is 58.3 Å². The first kappa shape index (κ1) is 27.9. The highest BCUT2D eigenvalue weighted by Crippen LogP contribution is 2.46. The molecule has 0 bridgehead atoms. The average molecular weight is 623 g/mol. The van der Waals surface area contributed by atoms with Gasteiger partial charge < -0.3 is 5.32 Å². The third-order valence-corrected chi connectivity index (χ3v) is 10.8. The van der Waals surface area contributed by atoms with Crippen LogP contribution in [0.1, 0.15) is 34.1 Å². The Hall–Kier alpha value is -3.28. The molecule has 1 amide bonds. The molecule has 0 unspecified atom stereocenters. The summed E-state index contributed by atoms with van der Waals surface area (Å²) in [7, 11) is -3.94. The molecule has 1 aliphatic rings. The summed E-state index contributed by atoms with van der Waals surface area (Å²) in [4.78, 5) is 22.4. The Balaban J connectivity index is 1.35. The van der Waals surface area contributed by atoms with Crippen LogP contribution in [0, 0.1) is 0 Å². The molecule has 41 heavy (non-hydrogen) atoms. The second-order valence-corrected chi connectivity index (χ2v) is 14.0. The van der Waals surface area contributed by atoms with E-state index in [1.807, 2.05) is 18.2 Å². The Bertz CT molecular complexity index is 1820. The molecule has 0 aliphatic carbocycles. The quantitative estimate of drug-likeness (QED) is 0.187. The molecule has 0 atom stereocenters. The third-order valence-electron chi connectivity index (χ3n) is 6.95. The van der Waals surface area contributed by atoms with Crippen molar-refractivity contribution >= 4 is 71.1 Å². The van der Waals surface area contributed by atoms with E-state index in [4.69, 9.17) is 16.6 Å². The summed E-state index contributed by atoms with van der Waals surface area (Å²) >= 11 is 9.13. The molecule has 1 aliphatic heterocycles. The highest BCUT2D eigenvalue weighted by Gasteiger charge is 2.28. The zero-order valence-corrected chi connectivity index (χ0v) is 25.4. The van der Waals surface area contributed by atoms with Crippen LogP contribution >= 0.6 is 34.3 Å². The van der Waals surface area contributed by atoms with E-state index in [9.17, 15) is 13.2 Å². The number of thiophene rings is 1. The second kappa shape index (κ2) is 11.5. The maximum atomic E-state index is 13.8. The number of anilines is 2. The standard InChI is InChI=1S/C30H27ClN4O3S3/c1-2-16-35-17-15-22-26(18-35)40-30(27(22)29-32-24-9-5-6-10-25(24)39-29)33-28(36)21-7-3-4-8-23(21)34-41(37,38)20-13-11-19(31)12-14-20/h3-14,34H,2,15-18H2,1H3,(H,33,36). The third kappa shape index (κ3) is 5.75. The molecule has 2 aromatic heterocycles. The summed E-state index contributed by atoms with van der Waals surface area (Å²) in [6.45, 7) is 4.99. The fourth-order valence-electron chi connectivity index (χ4n) is 5.01. The van der Waals surface area contributed by atoms with Gasteiger partial charge in [0, 0.05) is 28.6 Å². The molecule has 7 nitrogen and oxygen atoms in total. The lowest BCUT2D eigenvalue weighted by Crippen LogP contribution is -2.30. The number of hydrogen-bond acceptors (Lipinski definition) is 7. The number of rotatable bonds is 8. The summed E-state index contributed by atoms with van der Waals surface area (Å²) in [5, 5.41) is 5.16.